The lowest BCUT2D eigenvalue weighted by molar-refractivity contribution is -0.118. The number of aryl methyl sites for hydroxylation is 1. The fourth-order valence-electron chi connectivity index (χ4n) is 5.07. The molecular weight excluding hydrogens is 615 g/mol. The molecule has 226 valence electrons. The molecule has 0 radical (unpaired) electrons. The Bertz CT molecular complexity index is 1930. The minimum absolute atomic E-state index is 0.0230. The van der Waals surface area contributed by atoms with Gasteiger partial charge in [0.1, 0.15) is 36.8 Å². The summed E-state index contributed by atoms with van der Waals surface area (Å²) in [5.74, 6) is -0.403. The molecule has 0 unspecified atom stereocenters. The van der Waals surface area contributed by atoms with Crippen molar-refractivity contribution in [1.29, 1.82) is 0 Å². The fraction of sp³-hybridized carbons (Fsp3) is 0.147. The van der Waals surface area contributed by atoms with Gasteiger partial charge in [-0.2, -0.15) is 0 Å². The van der Waals surface area contributed by atoms with Gasteiger partial charge in [-0.3, -0.25) is 24.3 Å². The molecule has 0 saturated heterocycles. The maximum Gasteiger partial charge on any atom is 0.262 e. The van der Waals surface area contributed by atoms with Crippen molar-refractivity contribution in [3.05, 3.63) is 123 Å². The van der Waals surface area contributed by atoms with Crippen LogP contribution in [0.5, 0.6) is 11.5 Å². The highest BCUT2D eigenvalue weighted by atomic mass is 35.5. The van der Waals surface area contributed by atoms with Crippen molar-refractivity contribution in [2.45, 2.75) is 20.1 Å². The third-order valence-corrected chi connectivity index (χ3v) is 8.21. The number of benzene rings is 3. The summed E-state index contributed by atoms with van der Waals surface area (Å²) in [6.45, 7) is 1.70. The number of aromatic nitrogens is 2. The first-order chi connectivity index (χ1) is 21.7. The first-order valence-corrected chi connectivity index (χ1v) is 14.7. The molecule has 0 saturated carbocycles. The van der Waals surface area contributed by atoms with E-state index < -0.39 is 24.3 Å². The summed E-state index contributed by atoms with van der Waals surface area (Å²) in [7, 11) is 1.52. The van der Waals surface area contributed by atoms with Crippen molar-refractivity contribution in [3.63, 3.8) is 0 Å². The summed E-state index contributed by atoms with van der Waals surface area (Å²) in [5, 5.41) is 1.30. The fourth-order valence-corrected chi connectivity index (χ4v) is 5.68. The highest BCUT2D eigenvalue weighted by Gasteiger charge is 2.37. The van der Waals surface area contributed by atoms with Gasteiger partial charge in [-0.1, -0.05) is 47.5 Å². The number of carbonyl (C=O) groups excluding carboxylic acids is 3. The van der Waals surface area contributed by atoms with Crippen LogP contribution in [-0.4, -0.2) is 46.2 Å². The average molecular weight is 642 g/mol. The molecule has 0 aliphatic carbocycles. The zero-order valence-corrected chi connectivity index (χ0v) is 25.8. The monoisotopic (exact) mass is 640 g/mol. The van der Waals surface area contributed by atoms with Crippen LogP contribution < -0.4 is 14.4 Å². The van der Waals surface area contributed by atoms with Crippen LogP contribution in [0.3, 0.4) is 0 Å². The van der Waals surface area contributed by atoms with Crippen LogP contribution in [-0.2, 0) is 18.0 Å². The number of carbonyl (C=O) groups is 3. The number of nitrogens with zero attached hydrogens (tertiary/aromatic N) is 4. The second-order valence-electron chi connectivity index (χ2n) is 10.4. The number of halogens is 2. The van der Waals surface area contributed by atoms with Crippen LogP contribution in [0.2, 0.25) is 10.0 Å². The van der Waals surface area contributed by atoms with Gasteiger partial charge in [0.15, 0.2) is 0 Å². The van der Waals surface area contributed by atoms with E-state index in [1.165, 1.54) is 11.9 Å². The summed E-state index contributed by atoms with van der Waals surface area (Å²) in [5.41, 5.74) is 3.48. The quantitative estimate of drug-likeness (QED) is 0.166. The molecule has 0 atom stereocenters. The maximum atomic E-state index is 13.3. The number of hydrogen-bond acceptors (Lipinski definition) is 7. The van der Waals surface area contributed by atoms with E-state index in [1.54, 1.807) is 48.7 Å². The SMILES string of the molecule is Cc1cc(OCc2ccccn2)c2cccc(OCc3c(Cl)ccc(N(C)C(=O)CN4C(=O)c5ccccc5C4=O)c3Cl)c2n1. The number of para-hydroxylation sites is 1. The van der Waals surface area contributed by atoms with Gasteiger partial charge in [0.2, 0.25) is 5.91 Å². The van der Waals surface area contributed by atoms with Crippen LogP contribution >= 0.6 is 23.2 Å². The zero-order chi connectivity index (χ0) is 31.7. The Kier molecular flexibility index (Phi) is 8.38. The number of fused-ring (bicyclic) bond motifs is 2. The van der Waals surface area contributed by atoms with Crippen LogP contribution in [0.25, 0.3) is 10.9 Å². The van der Waals surface area contributed by atoms with E-state index >= 15 is 0 Å². The van der Waals surface area contributed by atoms with E-state index in [-0.39, 0.29) is 22.8 Å². The zero-order valence-electron chi connectivity index (χ0n) is 24.3. The number of pyridine rings is 2. The predicted molar refractivity (Wildman–Crippen MR) is 171 cm³/mol. The summed E-state index contributed by atoms with van der Waals surface area (Å²) in [6.07, 6.45) is 1.72. The molecule has 0 N–H and O–H groups in total. The molecule has 3 amide bonds. The second kappa shape index (κ2) is 12.6. The van der Waals surface area contributed by atoms with Gasteiger partial charge in [-0.25, -0.2) is 4.98 Å². The minimum atomic E-state index is -0.516. The number of amides is 3. The van der Waals surface area contributed by atoms with Crippen molar-refractivity contribution in [3.8, 4) is 11.5 Å². The predicted octanol–water partition coefficient (Wildman–Crippen LogP) is 6.66. The second-order valence-corrected chi connectivity index (χ2v) is 11.2. The van der Waals surface area contributed by atoms with Gasteiger partial charge >= 0.3 is 0 Å². The molecule has 2 aromatic heterocycles. The molecular formula is C34H26Cl2N4O5. The molecule has 1 aliphatic heterocycles. The van der Waals surface area contributed by atoms with Crippen LogP contribution in [0, 0.1) is 6.92 Å². The normalized spacial score (nSPS) is 12.4. The Hall–Kier alpha value is -4.99. The summed E-state index contributed by atoms with van der Waals surface area (Å²) >= 11 is 13.3. The van der Waals surface area contributed by atoms with Gasteiger partial charge in [0.05, 0.1) is 27.5 Å². The van der Waals surface area contributed by atoms with Crippen molar-refractivity contribution in [1.82, 2.24) is 14.9 Å². The van der Waals surface area contributed by atoms with Gasteiger partial charge < -0.3 is 14.4 Å². The molecule has 1 aliphatic rings. The van der Waals surface area contributed by atoms with Crippen molar-refractivity contribution in [2.24, 2.45) is 0 Å². The number of hydrogen-bond donors (Lipinski definition) is 0. The molecule has 0 fully saturated rings. The molecule has 3 heterocycles. The largest absolute Gasteiger partial charge is 0.487 e. The summed E-state index contributed by atoms with van der Waals surface area (Å²) < 4.78 is 12.3. The van der Waals surface area contributed by atoms with Gasteiger partial charge in [0, 0.05) is 41.0 Å². The molecule has 3 aromatic carbocycles. The van der Waals surface area contributed by atoms with E-state index in [4.69, 9.17) is 37.7 Å². The van der Waals surface area contributed by atoms with Crippen molar-refractivity contribution in [2.75, 3.05) is 18.5 Å². The van der Waals surface area contributed by atoms with E-state index in [0.29, 0.717) is 39.9 Å². The standard InChI is InChI=1S/C34H26Cl2N4O5/c1-20-16-29(44-18-21-8-5-6-15-37-21)24-11-7-12-28(32(24)38-20)45-19-25-26(35)13-14-27(31(25)36)39(2)30(41)17-40-33(42)22-9-3-4-10-23(22)34(40)43/h3-16H,17-19H2,1-2H3. The van der Waals surface area contributed by atoms with E-state index in [1.807, 2.05) is 43.3 Å². The average Bonchev–Trinajstić information content (AvgIpc) is 3.28. The van der Waals surface area contributed by atoms with Gasteiger partial charge in [0.25, 0.3) is 11.8 Å². The lowest BCUT2D eigenvalue weighted by Crippen LogP contribution is -2.41. The van der Waals surface area contributed by atoms with Gasteiger partial charge in [-0.15, -0.1) is 0 Å². The Balaban J connectivity index is 1.20. The maximum absolute atomic E-state index is 13.3. The van der Waals surface area contributed by atoms with Crippen molar-refractivity contribution < 1.29 is 23.9 Å². The molecule has 6 rings (SSSR count). The summed E-state index contributed by atoms with van der Waals surface area (Å²) in [4.78, 5) is 50.1. The van der Waals surface area contributed by atoms with Crippen LogP contribution in [0.1, 0.15) is 37.7 Å². The Morgan fingerprint density at radius 1 is 0.867 bits per heavy atom. The molecule has 45 heavy (non-hydrogen) atoms. The number of anilines is 1. The van der Waals surface area contributed by atoms with E-state index in [0.717, 1.165) is 21.7 Å². The molecule has 0 spiro atoms. The number of imide groups is 1. The highest BCUT2D eigenvalue weighted by molar-refractivity contribution is 6.38. The Labute approximate surface area is 268 Å². The van der Waals surface area contributed by atoms with E-state index in [9.17, 15) is 14.4 Å². The molecule has 9 nitrogen and oxygen atoms in total. The lowest BCUT2D eigenvalue weighted by atomic mass is 10.1. The number of ether oxygens (including phenoxy) is 2. The van der Waals surface area contributed by atoms with Crippen LogP contribution in [0.4, 0.5) is 5.69 Å². The smallest absolute Gasteiger partial charge is 0.262 e. The third kappa shape index (κ3) is 5.92. The Morgan fingerprint density at radius 3 is 2.29 bits per heavy atom. The van der Waals surface area contributed by atoms with Crippen LogP contribution in [0.15, 0.2) is 85.1 Å². The van der Waals surface area contributed by atoms with Crippen molar-refractivity contribution >= 4 is 57.5 Å². The Morgan fingerprint density at radius 2 is 1.58 bits per heavy atom. The first-order valence-electron chi connectivity index (χ1n) is 14.0. The number of likely N-dealkylation sites (N-methyl/N-ethyl adjacent to an activating group) is 1. The lowest BCUT2D eigenvalue weighted by Gasteiger charge is -2.23. The minimum Gasteiger partial charge on any atom is -0.487 e. The highest BCUT2D eigenvalue weighted by Crippen LogP contribution is 2.37. The topological polar surface area (TPSA) is 102 Å². The molecule has 5 aromatic rings. The molecule has 0 bridgehead atoms. The molecule has 11 heteroatoms. The summed E-state index contributed by atoms with van der Waals surface area (Å²) in [6, 6.07) is 22.7. The van der Waals surface area contributed by atoms with E-state index in [2.05, 4.69) is 4.98 Å². The number of rotatable bonds is 9. The first kappa shape index (κ1) is 30.1. The third-order valence-electron chi connectivity index (χ3n) is 7.44. The van der Waals surface area contributed by atoms with Gasteiger partial charge in [-0.05, 0) is 55.5 Å².